The van der Waals surface area contributed by atoms with Gasteiger partial charge in [-0.15, -0.1) is 0 Å². The molecule has 2 aromatic carbocycles. The molecule has 4 aromatic rings. The predicted octanol–water partition coefficient (Wildman–Crippen LogP) is 3.35. The van der Waals surface area contributed by atoms with Crippen molar-refractivity contribution in [3.05, 3.63) is 77.9 Å². The third-order valence-corrected chi connectivity index (χ3v) is 5.13. The van der Waals surface area contributed by atoms with Crippen LogP contribution in [0.3, 0.4) is 0 Å². The second-order valence-electron chi connectivity index (χ2n) is 6.78. The van der Waals surface area contributed by atoms with Crippen LogP contribution in [0.25, 0.3) is 22.2 Å². The summed E-state index contributed by atoms with van der Waals surface area (Å²) in [5.41, 5.74) is 5.90. The van der Waals surface area contributed by atoms with Gasteiger partial charge in [0.2, 0.25) is 0 Å². The number of hydrogen-bond acceptors (Lipinski definition) is 5. The molecule has 148 valence electrons. The fraction of sp³-hybridized carbons (Fsp3) is 0.143. The molecule has 0 saturated heterocycles. The number of aryl methyl sites for hydroxylation is 2. The molecule has 0 aliphatic rings. The molecular weight excluding hydrogens is 388 g/mol. The molecule has 7 nitrogen and oxygen atoms in total. The molecule has 2 N–H and O–H groups in total. The molecular formula is C21H20N4O3S. The van der Waals surface area contributed by atoms with E-state index in [0.717, 1.165) is 39.2 Å². The predicted molar refractivity (Wildman–Crippen MR) is 112 cm³/mol. The number of hydrogen-bond donors (Lipinski definition) is 1. The van der Waals surface area contributed by atoms with E-state index >= 15 is 0 Å². The van der Waals surface area contributed by atoms with E-state index in [4.69, 9.17) is 9.32 Å². The van der Waals surface area contributed by atoms with Crippen molar-refractivity contribution in [3.63, 3.8) is 0 Å². The third kappa shape index (κ3) is 3.98. The number of rotatable bonds is 5. The van der Waals surface area contributed by atoms with Crippen LogP contribution in [-0.2, 0) is 16.8 Å². The number of benzene rings is 2. The second-order valence-corrected chi connectivity index (χ2v) is 7.94. The first-order chi connectivity index (χ1) is 13.8. The molecule has 0 aliphatic carbocycles. The number of imidazole rings is 1. The third-order valence-electron chi connectivity index (χ3n) is 4.70. The summed E-state index contributed by atoms with van der Waals surface area (Å²) in [6, 6.07) is 16.9. The Bertz CT molecular complexity index is 1280. The smallest absolute Gasteiger partial charge is 0.371 e. The van der Waals surface area contributed by atoms with Crippen LogP contribution in [0.1, 0.15) is 17.1 Å². The largest absolute Gasteiger partial charge is 0.380 e. The average Bonchev–Trinajstić information content (AvgIpc) is 2.98. The summed E-state index contributed by atoms with van der Waals surface area (Å²) >= 11 is 0. The molecule has 2 aromatic heterocycles. The van der Waals surface area contributed by atoms with E-state index in [0.29, 0.717) is 6.54 Å². The molecule has 0 bridgehead atoms. The van der Waals surface area contributed by atoms with Crippen LogP contribution >= 0.6 is 0 Å². The highest BCUT2D eigenvalue weighted by Gasteiger charge is 2.16. The van der Waals surface area contributed by atoms with Gasteiger partial charge in [0, 0.05) is 17.8 Å². The summed E-state index contributed by atoms with van der Waals surface area (Å²) in [5, 5.41) is 4.92. The van der Waals surface area contributed by atoms with Crippen molar-refractivity contribution in [1.82, 2.24) is 14.5 Å². The number of aromatic nitrogens is 3. The van der Waals surface area contributed by atoms with Gasteiger partial charge in [0.25, 0.3) is 0 Å². The summed E-state index contributed by atoms with van der Waals surface area (Å²) in [4.78, 5) is 9.21. The van der Waals surface area contributed by atoms with E-state index in [1.54, 1.807) is 18.3 Å². The first kappa shape index (κ1) is 19.1. The van der Waals surface area contributed by atoms with Crippen LogP contribution in [0.2, 0.25) is 0 Å². The van der Waals surface area contributed by atoms with Crippen molar-refractivity contribution in [1.29, 1.82) is 0 Å². The fourth-order valence-electron chi connectivity index (χ4n) is 3.45. The molecule has 2 heterocycles. The van der Waals surface area contributed by atoms with Crippen LogP contribution in [0, 0.1) is 13.8 Å². The minimum atomic E-state index is -4.04. The first-order valence-electron chi connectivity index (χ1n) is 9.01. The standard InChI is InChI=1S/C21H20N4O3S/c1-14-20(17-6-4-3-5-7-17)21-19(12-23-14)24-15(2)25(21)13-16-8-10-18(11-9-16)28-29(22,26)27/h3-12H,13H2,1-2H3,(H2,22,26,27). The summed E-state index contributed by atoms with van der Waals surface area (Å²) in [6.45, 7) is 4.53. The number of pyridine rings is 1. The molecule has 0 fully saturated rings. The topological polar surface area (TPSA) is 100 Å². The Kier molecular flexibility index (Phi) is 4.81. The average molecular weight is 408 g/mol. The van der Waals surface area contributed by atoms with Crippen LogP contribution in [-0.4, -0.2) is 23.0 Å². The maximum absolute atomic E-state index is 11.1. The number of nitrogens with zero attached hydrogens (tertiary/aromatic N) is 3. The van der Waals surface area contributed by atoms with E-state index < -0.39 is 10.3 Å². The van der Waals surface area contributed by atoms with Gasteiger partial charge in [-0.2, -0.15) is 13.6 Å². The lowest BCUT2D eigenvalue weighted by molar-refractivity contribution is 0.487. The van der Waals surface area contributed by atoms with Crippen LogP contribution in [0.15, 0.2) is 60.8 Å². The molecule has 0 spiro atoms. The minimum absolute atomic E-state index is 0.175. The van der Waals surface area contributed by atoms with E-state index in [2.05, 4.69) is 26.7 Å². The zero-order valence-corrected chi connectivity index (χ0v) is 16.8. The van der Waals surface area contributed by atoms with E-state index in [1.165, 1.54) is 0 Å². The maximum Gasteiger partial charge on any atom is 0.380 e. The highest BCUT2D eigenvalue weighted by molar-refractivity contribution is 7.84. The van der Waals surface area contributed by atoms with Crippen molar-refractivity contribution in [3.8, 4) is 16.9 Å². The Hall–Kier alpha value is -3.23. The Morgan fingerprint density at radius 1 is 1.03 bits per heavy atom. The van der Waals surface area contributed by atoms with Gasteiger partial charge in [0.1, 0.15) is 17.1 Å². The molecule has 4 rings (SSSR count). The van der Waals surface area contributed by atoms with Gasteiger partial charge >= 0.3 is 10.3 Å². The number of nitrogens with two attached hydrogens (primary N) is 1. The quantitative estimate of drug-likeness (QED) is 0.546. The van der Waals surface area contributed by atoms with Crippen molar-refractivity contribution >= 4 is 21.3 Å². The van der Waals surface area contributed by atoms with Gasteiger partial charge in [-0.25, -0.2) is 4.98 Å². The van der Waals surface area contributed by atoms with Gasteiger partial charge in [-0.05, 0) is 37.1 Å². The SMILES string of the molecule is Cc1ncc2nc(C)n(Cc3ccc(OS(N)(=O)=O)cc3)c2c1-c1ccccc1. The summed E-state index contributed by atoms with van der Waals surface area (Å²) in [6.07, 6.45) is 1.80. The summed E-state index contributed by atoms with van der Waals surface area (Å²) in [7, 11) is -4.04. The van der Waals surface area contributed by atoms with Crippen LogP contribution in [0.5, 0.6) is 5.75 Å². The van der Waals surface area contributed by atoms with E-state index in [1.807, 2.05) is 44.2 Å². The highest BCUT2D eigenvalue weighted by atomic mass is 32.2. The normalized spacial score (nSPS) is 11.7. The summed E-state index contributed by atoms with van der Waals surface area (Å²) < 4.78 is 29.0. The molecule has 8 heteroatoms. The lowest BCUT2D eigenvalue weighted by Crippen LogP contribution is -2.18. The maximum atomic E-state index is 11.1. The van der Waals surface area contributed by atoms with Crippen LogP contribution in [0.4, 0.5) is 0 Å². The first-order valence-corrected chi connectivity index (χ1v) is 10.5. The molecule has 0 unspecified atom stereocenters. The van der Waals surface area contributed by atoms with Gasteiger partial charge in [-0.1, -0.05) is 42.5 Å². The lowest BCUT2D eigenvalue weighted by Gasteiger charge is -2.13. The Morgan fingerprint density at radius 2 is 1.72 bits per heavy atom. The van der Waals surface area contributed by atoms with Crippen molar-refractivity contribution in [2.24, 2.45) is 5.14 Å². The van der Waals surface area contributed by atoms with Crippen molar-refractivity contribution in [2.75, 3.05) is 0 Å². The molecule has 0 saturated carbocycles. The molecule has 0 aliphatic heterocycles. The fourth-order valence-corrected chi connectivity index (χ4v) is 3.82. The second kappa shape index (κ2) is 7.31. The van der Waals surface area contributed by atoms with Gasteiger partial charge < -0.3 is 8.75 Å². The van der Waals surface area contributed by atoms with Crippen LogP contribution < -0.4 is 9.32 Å². The monoisotopic (exact) mass is 408 g/mol. The van der Waals surface area contributed by atoms with Gasteiger partial charge in [0.05, 0.1) is 11.7 Å². The molecule has 29 heavy (non-hydrogen) atoms. The zero-order chi connectivity index (χ0) is 20.6. The zero-order valence-electron chi connectivity index (χ0n) is 16.0. The van der Waals surface area contributed by atoms with Crippen molar-refractivity contribution in [2.45, 2.75) is 20.4 Å². The van der Waals surface area contributed by atoms with Gasteiger partial charge in [-0.3, -0.25) is 4.98 Å². The minimum Gasteiger partial charge on any atom is -0.371 e. The van der Waals surface area contributed by atoms with E-state index in [-0.39, 0.29) is 5.75 Å². The Morgan fingerprint density at radius 3 is 2.38 bits per heavy atom. The molecule has 0 radical (unpaired) electrons. The molecule has 0 atom stereocenters. The molecule has 0 amide bonds. The van der Waals surface area contributed by atoms with Gasteiger partial charge in [0.15, 0.2) is 0 Å². The Balaban J connectivity index is 1.78. The Labute approximate surface area is 169 Å². The summed E-state index contributed by atoms with van der Waals surface area (Å²) in [5.74, 6) is 1.04. The lowest BCUT2D eigenvalue weighted by atomic mass is 10.0. The number of fused-ring (bicyclic) bond motifs is 1. The van der Waals surface area contributed by atoms with E-state index in [9.17, 15) is 8.42 Å². The highest BCUT2D eigenvalue weighted by Crippen LogP contribution is 2.31. The van der Waals surface area contributed by atoms with Crippen molar-refractivity contribution < 1.29 is 12.6 Å².